The Balaban J connectivity index is 2.29. The molecule has 15 heavy (non-hydrogen) atoms. The normalized spacial score (nSPS) is 20.1. The molecular weight excluding hydrogens is 206 g/mol. The summed E-state index contributed by atoms with van der Waals surface area (Å²) < 4.78 is 0. The second-order valence-electron chi connectivity index (χ2n) is 4.05. The van der Waals surface area contributed by atoms with E-state index in [2.05, 4.69) is 24.2 Å². The zero-order valence-corrected chi connectivity index (χ0v) is 10.5. The Hall–Kier alpha value is -0.610. The van der Waals surface area contributed by atoms with Crippen molar-refractivity contribution in [1.82, 2.24) is 10.3 Å². The predicted octanol–water partition coefficient (Wildman–Crippen LogP) is 2.20. The second-order valence-corrected chi connectivity index (χ2v) is 5.11. The molecule has 0 radical (unpaired) electrons. The highest BCUT2D eigenvalue weighted by Gasteiger charge is 2.23. The molecule has 4 heteroatoms. The van der Waals surface area contributed by atoms with E-state index >= 15 is 0 Å². The lowest BCUT2D eigenvalue weighted by Crippen LogP contribution is -2.21. The molecule has 1 atom stereocenters. The third kappa shape index (κ3) is 2.01. The number of aryl methyl sites for hydroxylation is 1. The standard InChI is InChI=1S/C11H19N3S/c1-4-14(3)11-13-10-8(12-2)6-5-7-9(10)15-11/h8,12H,4-7H2,1-3H3. The fourth-order valence-corrected chi connectivity index (χ4v) is 3.17. The van der Waals surface area contributed by atoms with Gasteiger partial charge in [-0.3, -0.25) is 0 Å². The van der Waals surface area contributed by atoms with Crippen LogP contribution in [0.25, 0.3) is 0 Å². The molecule has 1 aliphatic carbocycles. The predicted molar refractivity (Wildman–Crippen MR) is 65.8 cm³/mol. The number of rotatable bonds is 3. The molecule has 1 aromatic rings. The van der Waals surface area contributed by atoms with Crippen LogP contribution in [0.5, 0.6) is 0 Å². The summed E-state index contributed by atoms with van der Waals surface area (Å²) in [5.41, 5.74) is 1.30. The highest BCUT2D eigenvalue weighted by molar-refractivity contribution is 7.15. The minimum absolute atomic E-state index is 0.476. The van der Waals surface area contributed by atoms with E-state index in [0.717, 1.165) is 6.54 Å². The Morgan fingerprint density at radius 2 is 2.40 bits per heavy atom. The number of hydrogen-bond donors (Lipinski definition) is 1. The van der Waals surface area contributed by atoms with Gasteiger partial charge in [0.05, 0.1) is 11.7 Å². The van der Waals surface area contributed by atoms with Gasteiger partial charge in [-0.1, -0.05) is 0 Å². The molecule has 84 valence electrons. The number of nitrogens with one attached hydrogen (secondary N) is 1. The quantitative estimate of drug-likeness (QED) is 0.854. The summed E-state index contributed by atoms with van der Waals surface area (Å²) in [5.74, 6) is 0. The van der Waals surface area contributed by atoms with Gasteiger partial charge in [-0.25, -0.2) is 4.98 Å². The van der Waals surface area contributed by atoms with E-state index in [0.29, 0.717) is 6.04 Å². The molecule has 0 saturated carbocycles. The number of anilines is 1. The van der Waals surface area contributed by atoms with Crippen molar-refractivity contribution in [2.45, 2.75) is 32.2 Å². The van der Waals surface area contributed by atoms with E-state index in [-0.39, 0.29) is 0 Å². The molecule has 1 N–H and O–H groups in total. The van der Waals surface area contributed by atoms with Gasteiger partial charge in [-0.05, 0) is 33.2 Å². The van der Waals surface area contributed by atoms with Crippen LogP contribution in [0, 0.1) is 0 Å². The molecule has 0 amide bonds. The number of fused-ring (bicyclic) bond motifs is 1. The van der Waals surface area contributed by atoms with Crippen molar-refractivity contribution in [3.8, 4) is 0 Å². The maximum atomic E-state index is 4.76. The van der Waals surface area contributed by atoms with E-state index in [1.165, 1.54) is 35.0 Å². The molecule has 0 fully saturated rings. The summed E-state index contributed by atoms with van der Waals surface area (Å²) >= 11 is 1.86. The van der Waals surface area contributed by atoms with Crippen LogP contribution in [0.1, 0.15) is 36.4 Å². The van der Waals surface area contributed by atoms with Crippen molar-refractivity contribution in [3.63, 3.8) is 0 Å². The van der Waals surface area contributed by atoms with Crippen LogP contribution in [0.3, 0.4) is 0 Å². The largest absolute Gasteiger partial charge is 0.351 e. The first-order valence-electron chi connectivity index (χ1n) is 5.64. The molecule has 0 spiro atoms. The maximum Gasteiger partial charge on any atom is 0.185 e. The van der Waals surface area contributed by atoms with E-state index in [9.17, 15) is 0 Å². The van der Waals surface area contributed by atoms with Crippen molar-refractivity contribution in [3.05, 3.63) is 10.6 Å². The molecule has 3 nitrogen and oxygen atoms in total. The van der Waals surface area contributed by atoms with Crippen LogP contribution in [0.4, 0.5) is 5.13 Å². The van der Waals surface area contributed by atoms with Gasteiger partial charge in [0, 0.05) is 18.5 Å². The van der Waals surface area contributed by atoms with Gasteiger partial charge in [0.15, 0.2) is 5.13 Å². The Bertz CT molecular complexity index is 335. The number of hydrogen-bond acceptors (Lipinski definition) is 4. The molecule has 0 saturated heterocycles. The van der Waals surface area contributed by atoms with Gasteiger partial charge in [0.1, 0.15) is 0 Å². The lowest BCUT2D eigenvalue weighted by Gasteiger charge is -2.19. The molecule has 1 aromatic heterocycles. The minimum atomic E-state index is 0.476. The van der Waals surface area contributed by atoms with Gasteiger partial charge in [0.2, 0.25) is 0 Å². The van der Waals surface area contributed by atoms with Crippen molar-refractivity contribution in [2.75, 3.05) is 25.5 Å². The fraction of sp³-hybridized carbons (Fsp3) is 0.727. The lowest BCUT2D eigenvalue weighted by molar-refractivity contribution is 0.490. The third-order valence-electron chi connectivity index (χ3n) is 3.09. The zero-order valence-electron chi connectivity index (χ0n) is 9.71. The van der Waals surface area contributed by atoms with Gasteiger partial charge in [0.25, 0.3) is 0 Å². The number of nitrogens with zero attached hydrogens (tertiary/aromatic N) is 2. The van der Waals surface area contributed by atoms with Crippen LogP contribution in [0.15, 0.2) is 0 Å². The average molecular weight is 225 g/mol. The van der Waals surface area contributed by atoms with Gasteiger partial charge >= 0.3 is 0 Å². The summed E-state index contributed by atoms with van der Waals surface area (Å²) in [6, 6.07) is 0.476. The van der Waals surface area contributed by atoms with Crippen LogP contribution < -0.4 is 10.2 Å². The fourth-order valence-electron chi connectivity index (χ4n) is 1.99. The minimum Gasteiger partial charge on any atom is -0.351 e. The van der Waals surface area contributed by atoms with Gasteiger partial charge in [-0.2, -0.15) is 0 Å². The molecule has 0 aromatic carbocycles. The molecule has 1 heterocycles. The summed E-state index contributed by atoms with van der Waals surface area (Å²) in [7, 11) is 4.14. The number of thiazole rings is 1. The summed E-state index contributed by atoms with van der Waals surface area (Å²) in [5, 5.41) is 4.53. The van der Waals surface area contributed by atoms with Gasteiger partial charge < -0.3 is 10.2 Å². The lowest BCUT2D eigenvalue weighted by atomic mass is 9.98. The van der Waals surface area contributed by atoms with E-state index in [1.807, 2.05) is 18.4 Å². The van der Waals surface area contributed by atoms with Crippen LogP contribution in [-0.2, 0) is 6.42 Å². The molecule has 0 aliphatic heterocycles. The van der Waals surface area contributed by atoms with E-state index in [4.69, 9.17) is 4.98 Å². The van der Waals surface area contributed by atoms with Crippen molar-refractivity contribution < 1.29 is 0 Å². The van der Waals surface area contributed by atoms with Gasteiger partial charge in [-0.15, -0.1) is 11.3 Å². The van der Waals surface area contributed by atoms with Crippen molar-refractivity contribution in [1.29, 1.82) is 0 Å². The summed E-state index contributed by atoms with van der Waals surface area (Å²) in [4.78, 5) is 8.46. The third-order valence-corrected chi connectivity index (χ3v) is 4.34. The smallest absolute Gasteiger partial charge is 0.185 e. The van der Waals surface area contributed by atoms with Crippen LogP contribution in [0.2, 0.25) is 0 Å². The topological polar surface area (TPSA) is 28.2 Å². The highest BCUT2D eigenvalue weighted by Crippen LogP contribution is 2.36. The highest BCUT2D eigenvalue weighted by atomic mass is 32.1. The molecular formula is C11H19N3S. The van der Waals surface area contributed by atoms with E-state index < -0.39 is 0 Å². The SMILES string of the molecule is CCN(C)c1nc2c(s1)CCCC2NC. The Morgan fingerprint density at radius 1 is 1.60 bits per heavy atom. The monoisotopic (exact) mass is 225 g/mol. The Kier molecular flexibility index (Phi) is 3.26. The van der Waals surface area contributed by atoms with Crippen molar-refractivity contribution >= 4 is 16.5 Å². The van der Waals surface area contributed by atoms with Crippen LogP contribution in [-0.4, -0.2) is 25.6 Å². The first-order chi connectivity index (χ1) is 7.26. The summed E-state index contributed by atoms with van der Waals surface area (Å²) in [6.45, 7) is 3.19. The number of aromatic nitrogens is 1. The van der Waals surface area contributed by atoms with Crippen molar-refractivity contribution in [2.24, 2.45) is 0 Å². The summed E-state index contributed by atoms with van der Waals surface area (Å²) in [6.07, 6.45) is 3.72. The maximum absolute atomic E-state index is 4.76. The molecule has 1 aliphatic rings. The Labute approximate surface area is 95.5 Å². The zero-order chi connectivity index (χ0) is 10.8. The Morgan fingerprint density at radius 3 is 3.07 bits per heavy atom. The molecule has 1 unspecified atom stereocenters. The second kappa shape index (κ2) is 4.49. The molecule has 2 rings (SSSR count). The van der Waals surface area contributed by atoms with Crippen LogP contribution >= 0.6 is 11.3 Å². The first-order valence-corrected chi connectivity index (χ1v) is 6.46. The van der Waals surface area contributed by atoms with E-state index in [1.54, 1.807) is 0 Å². The average Bonchev–Trinajstić information content (AvgIpc) is 2.71. The molecule has 0 bridgehead atoms. The first kappa shape index (κ1) is 10.9.